The summed E-state index contributed by atoms with van der Waals surface area (Å²) in [6.07, 6.45) is -3.30. The predicted molar refractivity (Wildman–Crippen MR) is 281 cm³/mol. The Morgan fingerprint density at radius 3 is 2.14 bits per heavy atom. The molecule has 0 unspecified atom stereocenters. The van der Waals surface area contributed by atoms with Crippen LogP contribution in [-0.2, 0) is 53.9 Å². The summed E-state index contributed by atoms with van der Waals surface area (Å²) in [5.74, 6) is -4.46. The molecule has 0 radical (unpaired) electrons. The number of aryl methyl sites for hydroxylation is 1. The lowest BCUT2D eigenvalue weighted by Gasteiger charge is -2.49. The molecular formula is C57H88FN5O13. The number of likely N-dealkylation sites (N-methyl/N-ethyl adjacent to an activating group) is 1. The van der Waals surface area contributed by atoms with Gasteiger partial charge in [-0.15, -0.1) is 5.10 Å². The fourth-order valence-corrected chi connectivity index (χ4v) is 11.8. The molecular weight excluding hydrogens is 982 g/mol. The maximum atomic E-state index is 15.0. The van der Waals surface area contributed by atoms with Gasteiger partial charge in [-0.05, 0) is 92.0 Å². The quantitative estimate of drug-likeness (QED) is 0.117. The van der Waals surface area contributed by atoms with E-state index in [2.05, 4.69) is 20.2 Å². The van der Waals surface area contributed by atoms with Crippen LogP contribution >= 0.6 is 0 Å². The topological polar surface area (TPSA) is 216 Å². The van der Waals surface area contributed by atoms with Crippen LogP contribution in [0.5, 0.6) is 0 Å². The van der Waals surface area contributed by atoms with Crippen molar-refractivity contribution in [2.75, 3.05) is 41.6 Å². The van der Waals surface area contributed by atoms with E-state index < -0.39 is 114 Å². The summed E-state index contributed by atoms with van der Waals surface area (Å²) < 4.78 is 67.6. The number of nitrogens with zero attached hydrogens (tertiary/aromatic N) is 5. The number of Topliss-reactive ketones (excluding diaryl/α,β-unsaturated/α-hetero) is 1. The molecule has 3 aliphatic rings. The molecule has 76 heavy (non-hydrogen) atoms. The molecule has 0 aliphatic carbocycles. The Balaban J connectivity index is 1.24. The average molecular weight is 1070 g/mol. The number of ether oxygens (including phenoxy) is 8. The third-order valence-electron chi connectivity index (χ3n) is 16.9. The number of rotatable bonds is 17. The van der Waals surface area contributed by atoms with E-state index in [9.17, 15) is 29.3 Å². The van der Waals surface area contributed by atoms with Gasteiger partial charge in [0.15, 0.2) is 12.6 Å². The highest BCUT2D eigenvalue weighted by atomic mass is 19.1. The number of hydrogen-bond donors (Lipinski definition) is 3. The normalized spacial score (nSPS) is 37.1. The van der Waals surface area contributed by atoms with E-state index in [1.807, 2.05) is 77.3 Å². The summed E-state index contributed by atoms with van der Waals surface area (Å²) in [5.41, 5.74) is 0.123. The molecule has 6 rings (SSSR count). The standard InChI is InChI=1S/C57H88FN5O13/c1-16-45-57(11,68)51(65)35(5)48(64)32(2)27-56(10,71-15)53(36(6)49(37(7)54(67)74-45)75-47-28-55(9,70-14)52(66)38(8)73-47)76-46-26-43(25-34(4)72-46)62(12)24-23-42-31-63(61-60-42)44(29-58)50(69-13)40-21-19-39(20-22-40)41-18-17-33(3)59-30-41/h17-22,30-32,34-38,43-47,49-53,65-66,68H,16,23-29H2,1-15H3/t32-,34-,35+,36+,37-,38+,43+,44-,45-,46+,47+,49+,50-,51-,52+,53-,55-,56-,57-/m1/s1. The number of methoxy groups -OCH3 is 3. The molecule has 0 spiro atoms. The highest BCUT2D eigenvalue weighted by Crippen LogP contribution is 2.42. The summed E-state index contributed by atoms with van der Waals surface area (Å²) in [5, 5.41) is 43.4. The van der Waals surface area contributed by atoms with Crippen LogP contribution < -0.4 is 0 Å². The van der Waals surface area contributed by atoms with E-state index >= 15 is 0 Å². The first kappa shape index (κ1) is 61.4. The van der Waals surface area contributed by atoms with Crippen LogP contribution in [0.4, 0.5) is 4.39 Å². The van der Waals surface area contributed by atoms with Crippen molar-refractivity contribution >= 4 is 11.8 Å². The number of hydrogen-bond acceptors (Lipinski definition) is 17. The minimum absolute atomic E-state index is 0.0284. The molecule has 3 fully saturated rings. The van der Waals surface area contributed by atoms with Crippen molar-refractivity contribution in [3.63, 3.8) is 0 Å². The van der Waals surface area contributed by atoms with E-state index in [0.29, 0.717) is 31.5 Å². The number of pyridine rings is 1. The van der Waals surface area contributed by atoms with Crippen molar-refractivity contribution in [3.05, 3.63) is 65.7 Å². The van der Waals surface area contributed by atoms with Gasteiger partial charge in [-0.2, -0.15) is 0 Å². The second kappa shape index (κ2) is 25.9. The number of aliphatic hydroxyl groups is 3. The molecule has 3 N–H and O–H groups in total. The summed E-state index contributed by atoms with van der Waals surface area (Å²) in [4.78, 5) is 35.4. The van der Waals surface area contributed by atoms with Crippen LogP contribution in [0.15, 0.2) is 48.8 Å². The largest absolute Gasteiger partial charge is 0.459 e. The molecule has 3 saturated heterocycles. The van der Waals surface area contributed by atoms with Crippen molar-refractivity contribution < 1.29 is 67.2 Å². The number of esters is 1. The smallest absolute Gasteiger partial charge is 0.311 e. The molecule has 3 aliphatic heterocycles. The van der Waals surface area contributed by atoms with Crippen LogP contribution in [0, 0.1) is 30.6 Å². The lowest BCUT2D eigenvalue weighted by atomic mass is 9.74. The zero-order chi connectivity index (χ0) is 56.0. The van der Waals surface area contributed by atoms with Gasteiger partial charge in [0.25, 0.3) is 0 Å². The van der Waals surface area contributed by atoms with Crippen molar-refractivity contribution in [1.82, 2.24) is 24.9 Å². The number of carbonyl (C=O) groups is 2. The highest BCUT2D eigenvalue weighted by molar-refractivity contribution is 5.83. The molecule has 0 amide bonds. The van der Waals surface area contributed by atoms with Crippen molar-refractivity contribution in [2.24, 2.45) is 23.7 Å². The number of carbonyl (C=O) groups excluding carboxylic acids is 2. The lowest BCUT2D eigenvalue weighted by Crippen LogP contribution is -2.60. The number of ketones is 1. The van der Waals surface area contributed by atoms with Crippen molar-refractivity contribution in [2.45, 2.75) is 205 Å². The van der Waals surface area contributed by atoms with Gasteiger partial charge >= 0.3 is 5.97 Å². The minimum Gasteiger partial charge on any atom is -0.459 e. The van der Waals surface area contributed by atoms with Crippen LogP contribution in [0.3, 0.4) is 0 Å². The summed E-state index contributed by atoms with van der Waals surface area (Å²) in [6.45, 7) is 19.2. The first-order chi connectivity index (χ1) is 35.8. The SMILES string of the molecule is CC[C@H]1OC(=O)[C@H](C)[C@@H](O[C@H]2C[C@@](C)(OC)[C@@H](O)[C@H](C)O2)[C@H](C)[C@@H](O[C@H]2C[C@@H](N(C)CCc3cn([C@H](CF)[C@H](OC)c4ccc(-c5ccc(C)nc5)cc4)nn3)C[C@@H](C)O2)[C@](C)(OC)C[C@@H](C)C(=O)[C@H](C)[C@@H](O)[C@]1(C)O. The number of aliphatic hydroxyl groups excluding tert-OH is 2. The second-order valence-corrected chi connectivity index (χ2v) is 22.7. The van der Waals surface area contributed by atoms with E-state index in [1.54, 1.807) is 66.6 Å². The van der Waals surface area contributed by atoms with E-state index in [-0.39, 0.29) is 37.2 Å². The third-order valence-corrected chi connectivity index (χ3v) is 16.9. The molecule has 5 heterocycles. The van der Waals surface area contributed by atoms with Gasteiger partial charge < -0.3 is 58.1 Å². The number of benzene rings is 1. The Hall–Kier alpha value is -3.86. The minimum atomic E-state index is -1.99. The molecule has 19 heteroatoms. The zero-order valence-electron chi connectivity index (χ0n) is 47.6. The molecule has 0 bridgehead atoms. The van der Waals surface area contributed by atoms with Crippen molar-refractivity contribution in [1.29, 1.82) is 0 Å². The van der Waals surface area contributed by atoms with Gasteiger partial charge in [-0.1, -0.05) is 63.2 Å². The van der Waals surface area contributed by atoms with Crippen LogP contribution in [0.1, 0.15) is 130 Å². The number of halogens is 1. The maximum absolute atomic E-state index is 15.0. The number of aromatic nitrogens is 4. The Kier molecular flexibility index (Phi) is 20.9. The van der Waals surface area contributed by atoms with Crippen molar-refractivity contribution in [3.8, 4) is 11.1 Å². The van der Waals surface area contributed by atoms with Crippen LogP contribution in [0.2, 0.25) is 0 Å². The molecule has 2 aromatic heterocycles. The highest BCUT2D eigenvalue weighted by Gasteiger charge is 2.53. The Morgan fingerprint density at radius 1 is 0.868 bits per heavy atom. The van der Waals surface area contributed by atoms with Gasteiger partial charge in [0, 0.05) is 94.6 Å². The van der Waals surface area contributed by atoms with E-state index in [4.69, 9.17) is 37.9 Å². The summed E-state index contributed by atoms with van der Waals surface area (Å²) >= 11 is 0. The van der Waals surface area contributed by atoms with E-state index in [0.717, 1.165) is 22.4 Å². The maximum Gasteiger partial charge on any atom is 0.311 e. The summed E-state index contributed by atoms with van der Waals surface area (Å²) in [6, 6.07) is 11.0. The van der Waals surface area contributed by atoms with Gasteiger partial charge in [0.1, 0.15) is 42.4 Å². The summed E-state index contributed by atoms with van der Waals surface area (Å²) in [7, 11) is 6.66. The van der Waals surface area contributed by atoms with Gasteiger partial charge in [-0.3, -0.25) is 14.6 Å². The number of alkyl halides is 1. The molecule has 426 valence electrons. The Morgan fingerprint density at radius 2 is 1.54 bits per heavy atom. The second-order valence-electron chi connectivity index (χ2n) is 22.7. The lowest BCUT2D eigenvalue weighted by molar-refractivity contribution is -0.309. The fourth-order valence-electron chi connectivity index (χ4n) is 11.8. The first-order valence-electron chi connectivity index (χ1n) is 27.1. The van der Waals surface area contributed by atoms with E-state index in [1.165, 1.54) is 14.0 Å². The Bertz CT molecular complexity index is 2330. The fraction of sp³-hybridized carbons (Fsp3) is 0.737. The zero-order valence-corrected chi connectivity index (χ0v) is 47.6. The molecule has 18 nitrogen and oxygen atoms in total. The predicted octanol–water partition coefficient (Wildman–Crippen LogP) is 6.94. The van der Waals surface area contributed by atoms with Gasteiger partial charge in [0.05, 0.1) is 53.3 Å². The van der Waals surface area contributed by atoms with Gasteiger partial charge in [-0.25, -0.2) is 9.07 Å². The number of cyclic esters (lactones) is 1. The van der Waals surface area contributed by atoms with Crippen LogP contribution in [-0.4, -0.2) is 172 Å². The average Bonchev–Trinajstić information content (AvgIpc) is 3.88. The molecule has 19 atom stereocenters. The van der Waals surface area contributed by atoms with Gasteiger partial charge in [0.2, 0.25) is 0 Å². The molecule has 1 aromatic carbocycles. The molecule has 0 saturated carbocycles. The first-order valence-corrected chi connectivity index (χ1v) is 27.1. The molecule has 3 aromatic rings. The van der Waals surface area contributed by atoms with Crippen LogP contribution in [0.25, 0.3) is 11.1 Å². The Labute approximate surface area is 449 Å². The monoisotopic (exact) mass is 1070 g/mol. The third kappa shape index (κ3) is 13.8.